The number of carbonyl (C=O) groups excluding carboxylic acids is 1. The second-order valence-electron chi connectivity index (χ2n) is 5.64. The van der Waals surface area contributed by atoms with Gasteiger partial charge in [-0.05, 0) is 36.8 Å². The summed E-state index contributed by atoms with van der Waals surface area (Å²) in [6, 6.07) is 15.4. The number of para-hydroxylation sites is 1. The fraction of sp³-hybridized carbons (Fsp3) is 0.278. The molecule has 1 heterocycles. The minimum atomic E-state index is -0.0924. The third-order valence-corrected chi connectivity index (χ3v) is 4.07. The number of phenolic OH excluding ortho intramolecular Hbond substituents is 1. The molecule has 0 radical (unpaired) electrons. The molecule has 22 heavy (non-hydrogen) atoms. The van der Waals surface area contributed by atoms with Gasteiger partial charge in [-0.25, -0.2) is 0 Å². The van der Waals surface area contributed by atoms with Crippen LogP contribution in [0.4, 0.5) is 5.69 Å². The first-order valence-electron chi connectivity index (χ1n) is 7.54. The van der Waals surface area contributed by atoms with Gasteiger partial charge in [0, 0.05) is 31.9 Å². The van der Waals surface area contributed by atoms with Crippen molar-refractivity contribution in [2.75, 3.05) is 31.1 Å². The van der Waals surface area contributed by atoms with E-state index >= 15 is 0 Å². The standard InChI is InChI=1S/C18H20N2O2/c1-14-7-8-16(17(21)13-14)18(22)20-11-9-19(10-12-20)15-5-3-2-4-6-15/h2-8,13,21H,9-12H2,1H3. The van der Waals surface area contributed by atoms with Gasteiger partial charge in [0.05, 0.1) is 5.56 Å². The van der Waals surface area contributed by atoms with Gasteiger partial charge in [-0.15, -0.1) is 0 Å². The SMILES string of the molecule is Cc1ccc(C(=O)N2CCN(c3ccccc3)CC2)c(O)c1. The Morgan fingerprint density at radius 2 is 1.68 bits per heavy atom. The number of piperazine rings is 1. The molecule has 114 valence electrons. The van der Waals surface area contributed by atoms with Gasteiger partial charge in [-0.3, -0.25) is 4.79 Å². The van der Waals surface area contributed by atoms with Gasteiger partial charge in [0.15, 0.2) is 0 Å². The van der Waals surface area contributed by atoms with Crippen LogP contribution in [0.5, 0.6) is 5.75 Å². The maximum Gasteiger partial charge on any atom is 0.257 e. The lowest BCUT2D eigenvalue weighted by Crippen LogP contribution is -2.48. The molecular weight excluding hydrogens is 276 g/mol. The Kier molecular flexibility index (Phi) is 4.00. The molecule has 0 unspecified atom stereocenters. The van der Waals surface area contributed by atoms with Crippen molar-refractivity contribution < 1.29 is 9.90 Å². The van der Waals surface area contributed by atoms with Crippen LogP contribution in [-0.2, 0) is 0 Å². The molecule has 1 saturated heterocycles. The van der Waals surface area contributed by atoms with E-state index in [4.69, 9.17) is 0 Å². The topological polar surface area (TPSA) is 43.8 Å². The number of hydrogen-bond acceptors (Lipinski definition) is 3. The Hall–Kier alpha value is -2.49. The number of amides is 1. The Morgan fingerprint density at radius 3 is 2.32 bits per heavy atom. The summed E-state index contributed by atoms with van der Waals surface area (Å²) in [5.74, 6) is -0.0271. The summed E-state index contributed by atoms with van der Waals surface area (Å²) in [5, 5.41) is 9.96. The van der Waals surface area contributed by atoms with Crippen molar-refractivity contribution in [1.82, 2.24) is 4.90 Å². The zero-order valence-corrected chi connectivity index (χ0v) is 12.7. The molecule has 0 aliphatic carbocycles. The molecule has 0 saturated carbocycles. The monoisotopic (exact) mass is 296 g/mol. The molecule has 0 atom stereocenters. The van der Waals surface area contributed by atoms with Crippen LogP contribution < -0.4 is 4.90 Å². The Labute approximate surface area is 130 Å². The number of anilines is 1. The predicted octanol–water partition coefficient (Wildman–Crippen LogP) is 2.66. The van der Waals surface area contributed by atoms with Crippen LogP contribution in [0.15, 0.2) is 48.5 Å². The number of hydrogen-bond donors (Lipinski definition) is 1. The summed E-state index contributed by atoms with van der Waals surface area (Å²) >= 11 is 0. The van der Waals surface area contributed by atoms with Crippen LogP contribution in [0, 0.1) is 6.92 Å². The van der Waals surface area contributed by atoms with Crippen molar-refractivity contribution in [2.24, 2.45) is 0 Å². The molecule has 3 rings (SSSR count). The molecule has 2 aromatic rings. The first kappa shape index (κ1) is 14.4. The molecule has 1 amide bonds. The lowest BCUT2D eigenvalue weighted by atomic mass is 10.1. The number of aryl methyl sites for hydroxylation is 1. The lowest BCUT2D eigenvalue weighted by molar-refractivity contribution is 0.0744. The number of aromatic hydroxyl groups is 1. The number of phenols is 1. The van der Waals surface area contributed by atoms with Gasteiger partial charge in [-0.1, -0.05) is 24.3 Å². The molecule has 2 aromatic carbocycles. The highest BCUT2D eigenvalue weighted by molar-refractivity contribution is 5.97. The molecule has 4 heteroatoms. The molecular formula is C18H20N2O2. The van der Waals surface area contributed by atoms with Gasteiger partial charge in [0.25, 0.3) is 5.91 Å². The van der Waals surface area contributed by atoms with E-state index in [-0.39, 0.29) is 11.7 Å². The van der Waals surface area contributed by atoms with E-state index in [0.717, 1.165) is 18.7 Å². The van der Waals surface area contributed by atoms with Crippen molar-refractivity contribution >= 4 is 11.6 Å². The largest absolute Gasteiger partial charge is 0.507 e. The molecule has 1 aliphatic rings. The molecule has 0 spiro atoms. The van der Waals surface area contributed by atoms with Crippen molar-refractivity contribution in [3.63, 3.8) is 0 Å². The minimum absolute atomic E-state index is 0.0653. The van der Waals surface area contributed by atoms with Crippen LogP contribution in [0.1, 0.15) is 15.9 Å². The normalized spacial score (nSPS) is 15.0. The maximum atomic E-state index is 12.5. The highest BCUT2D eigenvalue weighted by Crippen LogP contribution is 2.22. The second kappa shape index (κ2) is 6.10. The van der Waals surface area contributed by atoms with Crippen LogP contribution in [0.25, 0.3) is 0 Å². The van der Waals surface area contributed by atoms with Gasteiger partial charge < -0.3 is 14.9 Å². The van der Waals surface area contributed by atoms with Gasteiger partial charge in [0.2, 0.25) is 0 Å². The summed E-state index contributed by atoms with van der Waals surface area (Å²) in [7, 11) is 0. The van der Waals surface area contributed by atoms with E-state index in [2.05, 4.69) is 17.0 Å². The molecule has 1 N–H and O–H groups in total. The van der Waals surface area contributed by atoms with Gasteiger partial charge in [-0.2, -0.15) is 0 Å². The molecule has 0 bridgehead atoms. The number of nitrogens with zero attached hydrogens (tertiary/aromatic N) is 2. The zero-order valence-electron chi connectivity index (χ0n) is 12.7. The maximum absolute atomic E-state index is 12.5. The molecule has 1 aliphatic heterocycles. The van der Waals surface area contributed by atoms with E-state index in [1.165, 1.54) is 5.69 Å². The Balaban J connectivity index is 1.67. The molecule has 4 nitrogen and oxygen atoms in total. The van der Waals surface area contributed by atoms with E-state index in [0.29, 0.717) is 18.7 Å². The van der Waals surface area contributed by atoms with Crippen molar-refractivity contribution in [3.05, 3.63) is 59.7 Å². The predicted molar refractivity (Wildman–Crippen MR) is 87.4 cm³/mol. The second-order valence-corrected chi connectivity index (χ2v) is 5.64. The Bertz CT molecular complexity index is 662. The van der Waals surface area contributed by atoms with E-state index in [1.54, 1.807) is 12.1 Å². The fourth-order valence-corrected chi connectivity index (χ4v) is 2.80. The summed E-state index contributed by atoms with van der Waals surface area (Å²) in [6.07, 6.45) is 0. The van der Waals surface area contributed by atoms with E-state index in [1.807, 2.05) is 36.1 Å². The average Bonchev–Trinajstić information content (AvgIpc) is 2.55. The van der Waals surface area contributed by atoms with Crippen LogP contribution in [0.3, 0.4) is 0 Å². The van der Waals surface area contributed by atoms with Crippen molar-refractivity contribution in [1.29, 1.82) is 0 Å². The first-order chi connectivity index (χ1) is 10.6. The minimum Gasteiger partial charge on any atom is -0.507 e. The van der Waals surface area contributed by atoms with Crippen molar-refractivity contribution in [3.8, 4) is 5.75 Å². The third-order valence-electron chi connectivity index (χ3n) is 4.07. The molecule has 0 aromatic heterocycles. The molecule has 1 fully saturated rings. The third kappa shape index (κ3) is 2.91. The zero-order chi connectivity index (χ0) is 15.5. The summed E-state index contributed by atoms with van der Waals surface area (Å²) in [6.45, 7) is 4.85. The van der Waals surface area contributed by atoms with E-state index < -0.39 is 0 Å². The smallest absolute Gasteiger partial charge is 0.257 e. The highest BCUT2D eigenvalue weighted by Gasteiger charge is 2.23. The summed E-state index contributed by atoms with van der Waals surface area (Å²) < 4.78 is 0. The summed E-state index contributed by atoms with van der Waals surface area (Å²) in [5.41, 5.74) is 2.52. The fourth-order valence-electron chi connectivity index (χ4n) is 2.80. The van der Waals surface area contributed by atoms with E-state index in [9.17, 15) is 9.90 Å². The van der Waals surface area contributed by atoms with Gasteiger partial charge in [0.1, 0.15) is 5.75 Å². The Morgan fingerprint density at radius 1 is 1.00 bits per heavy atom. The van der Waals surface area contributed by atoms with Crippen LogP contribution in [-0.4, -0.2) is 42.1 Å². The average molecular weight is 296 g/mol. The van der Waals surface area contributed by atoms with Gasteiger partial charge >= 0.3 is 0 Å². The summed E-state index contributed by atoms with van der Waals surface area (Å²) in [4.78, 5) is 16.6. The van der Waals surface area contributed by atoms with Crippen LogP contribution in [0.2, 0.25) is 0 Å². The number of benzene rings is 2. The van der Waals surface area contributed by atoms with Crippen molar-refractivity contribution in [2.45, 2.75) is 6.92 Å². The quantitative estimate of drug-likeness (QED) is 0.926. The highest BCUT2D eigenvalue weighted by atomic mass is 16.3. The van der Waals surface area contributed by atoms with Crippen LogP contribution >= 0.6 is 0 Å². The first-order valence-corrected chi connectivity index (χ1v) is 7.54. The number of rotatable bonds is 2. The number of carbonyl (C=O) groups is 1. The lowest BCUT2D eigenvalue weighted by Gasteiger charge is -2.36.